The van der Waals surface area contributed by atoms with Gasteiger partial charge in [0, 0.05) is 29.7 Å². The van der Waals surface area contributed by atoms with E-state index in [1.54, 1.807) is 12.4 Å². The van der Waals surface area contributed by atoms with Crippen LogP contribution in [-0.2, 0) is 6.61 Å². The number of anilines is 1. The van der Waals surface area contributed by atoms with Gasteiger partial charge in [0.1, 0.15) is 6.61 Å². The summed E-state index contributed by atoms with van der Waals surface area (Å²) >= 11 is 0. The number of rotatable bonds is 5. The number of hydrogen-bond donors (Lipinski definition) is 2. The van der Waals surface area contributed by atoms with Crippen LogP contribution in [0.1, 0.15) is 24.6 Å². The predicted molar refractivity (Wildman–Crippen MR) is 99.6 cm³/mol. The van der Waals surface area contributed by atoms with E-state index < -0.39 is 0 Å². The molecule has 3 aromatic rings. The van der Waals surface area contributed by atoms with Crippen LogP contribution in [0.3, 0.4) is 0 Å². The lowest BCUT2D eigenvalue weighted by Crippen LogP contribution is -2.29. The van der Waals surface area contributed by atoms with Crippen molar-refractivity contribution in [3.63, 3.8) is 0 Å². The summed E-state index contributed by atoms with van der Waals surface area (Å²) in [6.07, 6.45) is 9.64. The quantitative estimate of drug-likeness (QED) is 0.734. The number of nitrogens with two attached hydrogens (primary N) is 1. The van der Waals surface area contributed by atoms with E-state index in [0.717, 1.165) is 42.8 Å². The minimum absolute atomic E-state index is 0.352. The lowest BCUT2D eigenvalue weighted by Gasteiger charge is -2.22. The Labute approximate surface area is 152 Å². The van der Waals surface area contributed by atoms with Crippen LogP contribution >= 0.6 is 0 Å². The fourth-order valence-electron chi connectivity index (χ4n) is 3.12. The monoisotopic (exact) mass is 350 g/mol. The Kier molecular flexibility index (Phi) is 4.79. The summed E-state index contributed by atoms with van der Waals surface area (Å²) in [6.45, 7) is 2.42. The van der Waals surface area contributed by atoms with Crippen LogP contribution in [0.5, 0.6) is 5.75 Å². The minimum atomic E-state index is 0.352. The number of piperidine rings is 1. The van der Waals surface area contributed by atoms with Crippen molar-refractivity contribution in [1.82, 2.24) is 25.1 Å². The smallest absolute Gasteiger partial charge is 0.166 e. The van der Waals surface area contributed by atoms with E-state index in [4.69, 9.17) is 10.5 Å². The molecular weight excluding hydrogens is 328 g/mol. The van der Waals surface area contributed by atoms with Gasteiger partial charge in [0.15, 0.2) is 11.6 Å². The lowest BCUT2D eigenvalue weighted by molar-refractivity contribution is 0.302. The summed E-state index contributed by atoms with van der Waals surface area (Å²) in [5, 5.41) is 7.92. The molecule has 1 aliphatic heterocycles. The average molecular weight is 350 g/mol. The zero-order valence-corrected chi connectivity index (χ0v) is 14.5. The van der Waals surface area contributed by atoms with Crippen molar-refractivity contribution in [2.45, 2.75) is 25.5 Å². The van der Waals surface area contributed by atoms with Crippen molar-refractivity contribution >= 4 is 5.82 Å². The molecule has 0 bridgehead atoms. The molecule has 7 heteroatoms. The number of hydrogen-bond acceptors (Lipinski definition) is 6. The highest BCUT2D eigenvalue weighted by molar-refractivity contribution is 5.65. The molecule has 1 aliphatic rings. The fourth-order valence-corrected chi connectivity index (χ4v) is 3.12. The second-order valence-electron chi connectivity index (χ2n) is 6.41. The predicted octanol–water partition coefficient (Wildman–Crippen LogP) is 2.43. The lowest BCUT2D eigenvalue weighted by atomic mass is 10.1. The maximum atomic E-state index is 5.97. The van der Waals surface area contributed by atoms with E-state index in [1.807, 2.05) is 30.5 Å². The van der Waals surface area contributed by atoms with E-state index in [2.05, 4.69) is 31.3 Å². The van der Waals surface area contributed by atoms with Gasteiger partial charge in [-0.15, -0.1) is 0 Å². The molecule has 1 fully saturated rings. The standard InChI is InChI=1S/C19H22N6O/c20-19-18(26-13-16-3-1-2-6-22-16)9-14(10-23-19)15-11-24-25(12-15)17-4-7-21-8-5-17/h1-3,6,9-12,17,21H,4-5,7-8,13H2,(H2,20,23). The molecule has 26 heavy (non-hydrogen) atoms. The fraction of sp³-hybridized carbons (Fsp3) is 0.316. The normalized spacial score (nSPS) is 15.1. The maximum absolute atomic E-state index is 5.97. The Morgan fingerprint density at radius 3 is 2.85 bits per heavy atom. The van der Waals surface area contributed by atoms with Crippen LogP contribution in [0.15, 0.2) is 49.1 Å². The Bertz CT molecular complexity index is 857. The van der Waals surface area contributed by atoms with Gasteiger partial charge in [0.2, 0.25) is 0 Å². The van der Waals surface area contributed by atoms with Gasteiger partial charge in [-0.25, -0.2) is 4.98 Å². The zero-order chi connectivity index (χ0) is 17.8. The largest absolute Gasteiger partial charge is 0.483 e. The number of nitrogens with zero attached hydrogens (tertiary/aromatic N) is 4. The highest BCUT2D eigenvalue weighted by atomic mass is 16.5. The molecule has 134 valence electrons. The van der Waals surface area contributed by atoms with Gasteiger partial charge in [-0.1, -0.05) is 6.07 Å². The van der Waals surface area contributed by atoms with E-state index in [0.29, 0.717) is 24.2 Å². The van der Waals surface area contributed by atoms with Crippen LogP contribution in [0.25, 0.3) is 11.1 Å². The molecule has 3 N–H and O–H groups in total. The molecule has 0 aliphatic carbocycles. The summed E-state index contributed by atoms with van der Waals surface area (Å²) in [5.74, 6) is 0.929. The molecule has 4 rings (SSSR count). The first kappa shape index (κ1) is 16.5. The molecule has 0 saturated carbocycles. The Balaban J connectivity index is 1.51. The van der Waals surface area contributed by atoms with Crippen LogP contribution in [0.2, 0.25) is 0 Å². The SMILES string of the molecule is Nc1ncc(-c2cnn(C3CCNCC3)c2)cc1OCc1ccccn1. The molecular formula is C19H22N6O. The van der Waals surface area contributed by atoms with Gasteiger partial charge in [-0.2, -0.15) is 5.10 Å². The van der Waals surface area contributed by atoms with E-state index in [1.165, 1.54) is 0 Å². The molecule has 0 radical (unpaired) electrons. The molecule has 1 saturated heterocycles. The van der Waals surface area contributed by atoms with Gasteiger partial charge in [-0.05, 0) is 44.1 Å². The van der Waals surface area contributed by atoms with E-state index in [-0.39, 0.29) is 0 Å². The van der Waals surface area contributed by atoms with Crippen LogP contribution in [-0.4, -0.2) is 32.8 Å². The van der Waals surface area contributed by atoms with Crippen molar-refractivity contribution in [2.75, 3.05) is 18.8 Å². The van der Waals surface area contributed by atoms with Crippen LogP contribution in [0.4, 0.5) is 5.82 Å². The minimum Gasteiger partial charge on any atom is -0.483 e. The topological polar surface area (TPSA) is 90.9 Å². The number of pyridine rings is 2. The number of aromatic nitrogens is 4. The van der Waals surface area contributed by atoms with Crippen molar-refractivity contribution in [1.29, 1.82) is 0 Å². The molecule has 0 spiro atoms. The van der Waals surface area contributed by atoms with Gasteiger partial charge in [0.05, 0.1) is 17.9 Å². The van der Waals surface area contributed by atoms with Crippen molar-refractivity contribution in [3.05, 3.63) is 54.7 Å². The average Bonchev–Trinajstić information content (AvgIpc) is 3.19. The van der Waals surface area contributed by atoms with Gasteiger partial charge in [-0.3, -0.25) is 9.67 Å². The first-order valence-electron chi connectivity index (χ1n) is 8.83. The molecule has 7 nitrogen and oxygen atoms in total. The summed E-state index contributed by atoms with van der Waals surface area (Å²) < 4.78 is 7.88. The summed E-state index contributed by atoms with van der Waals surface area (Å²) in [6, 6.07) is 8.08. The van der Waals surface area contributed by atoms with Crippen LogP contribution in [0, 0.1) is 0 Å². The summed E-state index contributed by atoms with van der Waals surface area (Å²) in [5.41, 5.74) is 8.77. The van der Waals surface area contributed by atoms with E-state index >= 15 is 0 Å². The Morgan fingerprint density at radius 2 is 2.04 bits per heavy atom. The number of nitrogen functional groups attached to an aromatic ring is 1. The Morgan fingerprint density at radius 1 is 1.15 bits per heavy atom. The van der Waals surface area contributed by atoms with E-state index in [9.17, 15) is 0 Å². The number of nitrogens with one attached hydrogen (secondary N) is 1. The third-order valence-corrected chi connectivity index (χ3v) is 4.60. The maximum Gasteiger partial charge on any atom is 0.166 e. The van der Waals surface area contributed by atoms with Gasteiger partial charge < -0.3 is 15.8 Å². The first-order chi connectivity index (χ1) is 12.8. The van der Waals surface area contributed by atoms with Crippen molar-refractivity contribution in [3.8, 4) is 16.9 Å². The summed E-state index contributed by atoms with van der Waals surface area (Å²) in [4.78, 5) is 8.53. The van der Waals surface area contributed by atoms with Gasteiger partial charge in [0.25, 0.3) is 0 Å². The zero-order valence-electron chi connectivity index (χ0n) is 14.5. The Hall–Kier alpha value is -2.93. The second-order valence-corrected chi connectivity index (χ2v) is 6.41. The molecule has 0 amide bonds. The molecule has 3 aromatic heterocycles. The summed E-state index contributed by atoms with van der Waals surface area (Å²) in [7, 11) is 0. The molecule has 0 atom stereocenters. The second kappa shape index (κ2) is 7.53. The van der Waals surface area contributed by atoms with Crippen molar-refractivity contribution < 1.29 is 4.74 Å². The molecule has 0 aromatic carbocycles. The number of ether oxygens (including phenoxy) is 1. The first-order valence-corrected chi connectivity index (χ1v) is 8.83. The van der Waals surface area contributed by atoms with Crippen molar-refractivity contribution in [2.24, 2.45) is 0 Å². The molecule has 4 heterocycles. The molecule has 0 unspecified atom stereocenters. The van der Waals surface area contributed by atoms with Gasteiger partial charge >= 0.3 is 0 Å². The third-order valence-electron chi connectivity index (χ3n) is 4.60. The highest BCUT2D eigenvalue weighted by Gasteiger charge is 2.16. The van der Waals surface area contributed by atoms with Crippen LogP contribution < -0.4 is 15.8 Å². The highest BCUT2D eigenvalue weighted by Crippen LogP contribution is 2.28. The third kappa shape index (κ3) is 3.67.